The number of nitrogens with one attached hydrogen (secondary N) is 1. The molecule has 0 fully saturated rings. The number of carbonyl (C=O) groups excluding carboxylic acids is 1. The normalized spacial score (nSPS) is 10.7. The smallest absolute Gasteiger partial charge is 0.258 e. The second-order valence-corrected chi connectivity index (χ2v) is 5.64. The van der Waals surface area contributed by atoms with Crippen LogP contribution in [-0.2, 0) is 11.3 Å². The number of nitrogens with zero attached hydrogens (tertiary/aromatic N) is 4. The molecule has 2 aromatic carbocycles. The lowest BCUT2D eigenvalue weighted by Crippen LogP contribution is -2.28. The SMILES string of the molecule is O=C(COc1ncnc2ccccc12)NCc1nc(-c2ccccc2)no1. The molecule has 134 valence electrons. The number of hydrogen-bond acceptors (Lipinski definition) is 7. The Morgan fingerprint density at radius 2 is 1.85 bits per heavy atom. The lowest BCUT2D eigenvalue weighted by atomic mass is 10.2. The standard InChI is InChI=1S/C19H15N5O3/c25-16(11-26-19-14-8-4-5-9-15(14)21-12-22-19)20-10-17-23-18(24-27-17)13-6-2-1-3-7-13/h1-9,12H,10-11H2,(H,20,25). The topological polar surface area (TPSA) is 103 Å². The van der Waals surface area contributed by atoms with Crippen LogP contribution in [0.2, 0.25) is 0 Å². The molecule has 0 bridgehead atoms. The highest BCUT2D eigenvalue weighted by Gasteiger charge is 2.11. The van der Waals surface area contributed by atoms with Crippen molar-refractivity contribution in [1.29, 1.82) is 0 Å². The van der Waals surface area contributed by atoms with Gasteiger partial charge in [-0.3, -0.25) is 4.79 Å². The molecule has 0 saturated carbocycles. The summed E-state index contributed by atoms with van der Waals surface area (Å²) in [4.78, 5) is 24.5. The molecule has 8 nitrogen and oxygen atoms in total. The molecule has 4 rings (SSSR count). The van der Waals surface area contributed by atoms with Crippen molar-refractivity contribution in [3.8, 4) is 17.3 Å². The van der Waals surface area contributed by atoms with Crippen LogP contribution < -0.4 is 10.1 Å². The third-order valence-corrected chi connectivity index (χ3v) is 3.78. The second-order valence-electron chi connectivity index (χ2n) is 5.64. The van der Waals surface area contributed by atoms with Gasteiger partial charge in [-0.2, -0.15) is 4.98 Å². The van der Waals surface area contributed by atoms with Crippen molar-refractivity contribution < 1.29 is 14.1 Å². The maximum atomic E-state index is 12.0. The van der Waals surface area contributed by atoms with Gasteiger partial charge in [-0.1, -0.05) is 47.6 Å². The van der Waals surface area contributed by atoms with Gasteiger partial charge in [0.1, 0.15) is 6.33 Å². The molecule has 0 spiro atoms. The first-order valence-electron chi connectivity index (χ1n) is 8.27. The zero-order valence-corrected chi connectivity index (χ0v) is 14.2. The second kappa shape index (κ2) is 7.61. The Bertz CT molecular complexity index is 1060. The van der Waals surface area contributed by atoms with Gasteiger partial charge in [0.05, 0.1) is 17.4 Å². The number of hydrogen-bond donors (Lipinski definition) is 1. The van der Waals surface area contributed by atoms with E-state index >= 15 is 0 Å². The highest BCUT2D eigenvalue weighted by molar-refractivity contribution is 5.83. The lowest BCUT2D eigenvalue weighted by Gasteiger charge is -2.07. The van der Waals surface area contributed by atoms with E-state index < -0.39 is 0 Å². The fourth-order valence-electron chi connectivity index (χ4n) is 2.49. The largest absolute Gasteiger partial charge is 0.467 e. The molecule has 2 aromatic heterocycles. The maximum absolute atomic E-state index is 12.0. The van der Waals surface area contributed by atoms with Crippen molar-refractivity contribution in [3.63, 3.8) is 0 Å². The minimum Gasteiger partial charge on any atom is -0.467 e. The Hall–Kier alpha value is -3.81. The molecule has 0 atom stereocenters. The summed E-state index contributed by atoms with van der Waals surface area (Å²) in [5.74, 6) is 0.829. The molecule has 4 aromatic rings. The van der Waals surface area contributed by atoms with Crippen molar-refractivity contribution in [2.75, 3.05) is 6.61 Å². The monoisotopic (exact) mass is 361 g/mol. The molecule has 1 N–H and O–H groups in total. The molecule has 27 heavy (non-hydrogen) atoms. The van der Waals surface area contributed by atoms with Gasteiger partial charge < -0.3 is 14.6 Å². The molecule has 0 radical (unpaired) electrons. The van der Waals surface area contributed by atoms with Crippen LogP contribution in [0.4, 0.5) is 0 Å². The van der Waals surface area contributed by atoms with Crippen molar-refractivity contribution in [3.05, 3.63) is 66.8 Å². The first-order chi connectivity index (χ1) is 13.3. The summed E-state index contributed by atoms with van der Waals surface area (Å²) in [6.45, 7) is -0.0623. The quantitative estimate of drug-likeness (QED) is 0.562. The van der Waals surface area contributed by atoms with Crippen LogP contribution >= 0.6 is 0 Å². The van der Waals surface area contributed by atoms with Crippen LogP contribution in [0.3, 0.4) is 0 Å². The average Bonchev–Trinajstić information content (AvgIpc) is 3.20. The predicted molar refractivity (Wildman–Crippen MR) is 96.6 cm³/mol. The molecule has 0 aliphatic rings. The number of aromatic nitrogens is 4. The summed E-state index contributed by atoms with van der Waals surface area (Å²) in [5, 5.41) is 7.33. The fourth-order valence-corrected chi connectivity index (χ4v) is 2.49. The van der Waals surface area contributed by atoms with Crippen LogP contribution in [0, 0.1) is 0 Å². The number of benzene rings is 2. The van der Waals surface area contributed by atoms with E-state index in [9.17, 15) is 4.79 Å². The number of rotatable bonds is 6. The maximum Gasteiger partial charge on any atom is 0.258 e. The molecular formula is C19H15N5O3. The van der Waals surface area contributed by atoms with Crippen molar-refractivity contribution in [2.45, 2.75) is 6.54 Å². The van der Waals surface area contributed by atoms with Gasteiger partial charge in [0.25, 0.3) is 5.91 Å². The van der Waals surface area contributed by atoms with Crippen LogP contribution in [0.25, 0.3) is 22.3 Å². The van der Waals surface area contributed by atoms with E-state index in [-0.39, 0.29) is 19.1 Å². The van der Waals surface area contributed by atoms with E-state index in [2.05, 4.69) is 25.4 Å². The van der Waals surface area contributed by atoms with Crippen LogP contribution in [0.15, 0.2) is 65.4 Å². The zero-order chi connectivity index (χ0) is 18.5. The Morgan fingerprint density at radius 3 is 2.74 bits per heavy atom. The minimum atomic E-state index is -0.322. The van der Waals surface area contributed by atoms with E-state index in [1.54, 1.807) is 0 Å². The first-order valence-corrected chi connectivity index (χ1v) is 8.27. The Labute approximate surface area is 154 Å². The summed E-state index contributed by atoms with van der Waals surface area (Å²) in [6.07, 6.45) is 1.40. The van der Waals surface area contributed by atoms with Crippen LogP contribution in [0.5, 0.6) is 5.88 Å². The number of para-hydroxylation sites is 1. The van der Waals surface area contributed by atoms with Crippen LogP contribution in [-0.4, -0.2) is 32.6 Å². The third-order valence-electron chi connectivity index (χ3n) is 3.78. The number of carbonyl (C=O) groups is 1. The molecular weight excluding hydrogens is 346 g/mol. The molecule has 1 amide bonds. The highest BCUT2D eigenvalue weighted by Crippen LogP contribution is 2.20. The molecule has 0 aliphatic carbocycles. The zero-order valence-electron chi connectivity index (χ0n) is 14.2. The summed E-state index contributed by atoms with van der Waals surface area (Å²) in [7, 11) is 0. The van der Waals surface area contributed by atoms with E-state index in [0.717, 1.165) is 16.5 Å². The summed E-state index contributed by atoms with van der Waals surface area (Å²) >= 11 is 0. The number of fused-ring (bicyclic) bond motifs is 1. The average molecular weight is 361 g/mol. The van der Waals surface area contributed by atoms with Gasteiger partial charge in [0, 0.05) is 5.56 Å². The Kier molecular flexibility index (Phi) is 4.69. The van der Waals surface area contributed by atoms with Crippen molar-refractivity contribution in [1.82, 2.24) is 25.4 Å². The predicted octanol–water partition coefficient (Wildman–Crippen LogP) is 2.38. The van der Waals surface area contributed by atoms with Gasteiger partial charge in [0.15, 0.2) is 6.61 Å². The molecule has 0 aliphatic heterocycles. The van der Waals surface area contributed by atoms with Gasteiger partial charge in [-0.25, -0.2) is 9.97 Å². The summed E-state index contributed by atoms with van der Waals surface area (Å²) < 4.78 is 10.7. The van der Waals surface area contributed by atoms with Crippen LogP contribution in [0.1, 0.15) is 5.89 Å². The minimum absolute atomic E-state index is 0.118. The first kappa shape index (κ1) is 16.6. The van der Waals surface area contributed by atoms with Gasteiger partial charge in [-0.05, 0) is 12.1 Å². The van der Waals surface area contributed by atoms with Crippen molar-refractivity contribution in [2.24, 2.45) is 0 Å². The van der Waals surface area contributed by atoms with Gasteiger partial charge in [-0.15, -0.1) is 0 Å². The van der Waals surface area contributed by atoms with Crippen molar-refractivity contribution >= 4 is 16.8 Å². The van der Waals surface area contributed by atoms with Gasteiger partial charge in [0.2, 0.25) is 17.6 Å². The van der Waals surface area contributed by atoms with E-state index in [4.69, 9.17) is 9.26 Å². The van der Waals surface area contributed by atoms with Gasteiger partial charge >= 0.3 is 0 Å². The Morgan fingerprint density at radius 1 is 1.04 bits per heavy atom. The number of ether oxygens (including phenoxy) is 1. The molecule has 0 saturated heterocycles. The molecule has 8 heteroatoms. The highest BCUT2D eigenvalue weighted by atomic mass is 16.5. The third kappa shape index (κ3) is 3.90. The molecule has 0 unspecified atom stereocenters. The Balaban J connectivity index is 1.33. The summed E-state index contributed by atoms with van der Waals surface area (Å²) in [6, 6.07) is 16.9. The lowest BCUT2D eigenvalue weighted by molar-refractivity contribution is -0.123. The summed E-state index contributed by atoms with van der Waals surface area (Å²) in [5.41, 5.74) is 1.60. The number of amides is 1. The fraction of sp³-hybridized carbons (Fsp3) is 0.105. The van der Waals surface area contributed by atoms with E-state index in [1.807, 2.05) is 54.6 Å². The van der Waals surface area contributed by atoms with E-state index in [0.29, 0.717) is 17.6 Å². The molecule has 2 heterocycles. The van der Waals surface area contributed by atoms with E-state index in [1.165, 1.54) is 6.33 Å².